The zero-order valence-electron chi connectivity index (χ0n) is 26.0. The average molecular weight is 667 g/mol. The highest BCUT2D eigenvalue weighted by atomic mass is 16.5. The van der Waals surface area contributed by atoms with Gasteiger partial charge < -0.3 is 30.4 Å². The predicted octanol–water partition coefficient (Wildman–Crippen LogP) is 1.22. The summed E-state index contributed by atoms with van der Waals surface area (Å²) in [6, 6.07) is 9.01. The first-order valence-electron chi connectivity index (χ1n) is 14.7. The number of hydrogen-bond donors (Lipinski definition) is 5. The Labute approximate surface area is 276 Å². The van der Waals surface area contributed by atoms with Crippen LogP contribution in [0.2, 0.25) is 0 Å². The Morgan fingerprint density at radius 1 is 0.776 bits per heavy atom. The molecule has 250 valence electrons. The molecule has 0 aliphatic rings. The monoisotopic (exact) mass is 666 g/mol. The van der Waals surface area contributed by atoms with Crippen LogP contribution in [-0.4, -0.2) is 74.5 Å². The lowest BCUT2D eigenvalue weighted by Crippen LogP contribution is -2.21. The van der Waals surface area contributed by atoms with Crippen molar-refractivity contribution in [3.05, 3.63) is 84.5 Å². The molecule has 0 saturated carbocycles. The Bertz CT molecular complexity index is 2230. The second kappa shape index (κ2) is 13.4. The summed E-state index contributed by atoms with van der Waals surface area (Å²) < 4.78 is 11.7. The largest absolute Gasteiger partial charge is 0.506 e. The van der Waals surface area contributed by atoms with Crippen LogP contribution in [-0.2, 0) is 35.8 Å². The van der Waals surface area contributed by atoms with Crippen LogP contribution in [0.1, 0.15) is 20.7 Å². The molecule has 0 fully saturated rings. The van der Waals surface area contributed by atoms with Gasteiger partial charge in [0.15, 0.2) is 0 Å². The molecule has 0 aliphatic heterocycles. The van der Waals surface area contributed by atoms with Gasteiger partial charge in [-0.25, -0.2) is 9.97 Å². The highest BCUT2D eigenvalue weighted by Crippen LogP contribution is 2.32. The van der Waals surface area contributed by atoms with E-state index in [0.717, 1.165) is 0 Å². The lowest BCUT2D eigenvalue weighted by molar-refractivity contribution is -0.117. The Morgan fingerprint density at radius 2 is 1.27 bits per heavy atom. The normalized spacial score (nSPS) is 11.4. The number of carbonyl (C=O) groups is 4. The number of nitrogens with one attached hydrogen (secondary N) is 2. The minimum Gasteiger partial charge on any atom is -0.506 e. The summed E-state index contributed by atoms with van der Waals surface area (Å²) in [6.45, 7) is 0.102. The fourth-order valence-electron chi connectivity index (χ4n) is 5.23. The number of hydrogen-bond acceptors (Lipinski definition) is 10. The van der Waals surface area contributed by atoms with Crippen LogP contribution < -0.4 is 26.8 Å². The van der Waals surface area contributed by atoms with Gasteiger partial charge in [-0.05, 0) is 36.4 Å². The van der Waals surface area contributed by atoms with Crippen LogP contribution in [0.3, 0.4) is 0 Å². The molecule has 4 heterocycles. The van der Waals surface area contributed by atoms with E-state index in [1.807, 2.05) is 0 Å². The number of methoxy groups -OCH3 is 1. The number of rotatable bonds is 13. The summed E-state index contributed by atoms with van der Waals surface area (Å²) in [4.78, 5) is 58.6. The molecule has 6 rings (SSSR count). The second-order valence-corrected chi connectivity index (χ2v) is 10.7. The molecule has 2 aromatic carbocycles. The molecular formula is C31H30N12O6. The van der Waals surface area contributed by atoms with E-state index in [-0.39, 0.29) is 66.0 Å². The van der Waals surface area contributed by atoms with Crippen molar-refractivity contribution in [3.63, 3.8) is 0 Å². The number of nitrogens with two attached hydrogens (primary N) is 2. The fraction of sp³-hybridized carbons (Fsp3) is 0.161. The first kappa shape index (κ1) is 32.0. The standard InChI is InChI=1S/C31H30N12O6/c1-49-23-15-19(29(33)48)13-21-27(23)43(31(37-21)39-25(46)17-41-9-5-7-35-41)11-3-2-10-42-26-20(12-18(28(32)47)14-22(26)44)36-30(42)38-24(45)16-40-8-4-6-34-40/h2-9,12-15,44H,10-11,16-17H2,1H3,(H2,32,47)(H2,33,48)(H,36,38,45)(H,37,39,46)/b3-2+. The highest BCUT2D eigenvalue weighted by Gasteiger charge is 2.21. The third-order valence-electron chi connectivity index (χ3n) is 7.39. The third-order valence-corrected chi connectivity index (χ3v) is 7.39. The number of allylic oxidation sites excluding steroid dienone is 2. The van der Waals surface area contributed by atoms with Crippen molar-refractivity contribution >= 4 is 57.6 Å². The summed E-state index contributed by atoms with van der Waals surface area (Å²) in [5, 5.41) is 24.5. The number of phenolic OH excluding ortho intramolecular Hbond substituents is 1. The van der Waals surface area contributed by atoms with Crippen molar-refractivity contribution < 1.29 is 29.0 Å². The lowest BCUT2D eigenvalue weighted by atomic mass is 10.1. The molecule has 18 nitrogen and oxygen atoms in total. The summed E-state index contributed by atoms with van der Waals surface area (Å²) in [7, 11) is 1.44. The number of imidazole rings is 2. The smallest absolute Gasteiger partial charge is 0.248 e. The maximum Gasteiger partial charge on any atom is 0.248 e. The molecular weight excluding hydrogens is 636 g/mol. The predicted molar refractivity (Wildman–Crippen MR) is 176 cm³/mol. The van der Waals surface area contributed by atoms with Gasteiger partial charge in [0.2, 0.25) is 35.5 Å². The minimum absolute atomic E-state index is 0.0437. The maximum atomic E-state index is 12.9. The Morgan fingerprint density at radius 3 is 1.73 bits per heavy atom. The van der Waals surface area contributed by atoms with E-state index in [4.69, 9.17) is 16.2 Å². The number of primary amides is 2. The van der Waals surface area contributed by atoms with Crippen molar-refractivity contribution in [3.8, 4) is 11.5 Å². The van der Waals surface area contributed by atoms with Crippen LogP contribution in [0, 0.1) is 0 Å². The van der Waals surface area contributed by atoms with E-state index in [1.54, 1.807) is 58.2 Å². The average Bonchev–Trinajstić information content (AvgIpc) is 3.87. The Balaban J connectivity index is 1.33. The molecule has 49 heavy (non-hydrogen) atoms. The molecule has 0 atom stereocenters. The Kier molecular flexibility index (Phi) is 8.75. The van der Waals surface area contributed by atoms with Crippen LogP contribution in [0.15, 0.2) is 73.3 Å². The van der Waals surface area contributed by atoms with Gasteiger partial charge >= 0.3 is 0 Å². The summed E-state index contributed by atoms with van der Waals surface area (Å²) in [5.74, 6) is -1.94. The number of ether oxygens (including phenoxy) is 1. The molecule has 0 bridgehead atoms. The van der Waals surface area contributed by atoms with E-state index >= 15 is 0 Å². The number of fused-ring (bicyclic) bond motifs is 2. The fourth-order valence-corrected chi connectivity index (χ4v) is 5.23. The van der Waals surface area contributed by atoms with Gasteiger partial charge in [-0.1, -0.05) is 12.2 Å². The van der Waals surface area contributed by atoms with E-state index in [2.05, 4.69) is 30.8 Å². The van der Waals surface area contributed by atoms with Crippen molar-refractivity contribution in [1.82, 2.24) is 38.7 Å². The van der Waals surface area contributed by atoms with Crippen molar-refractivity contribution in [1.29, 1.82) is 0 Å². The summed E-state index contributed by atoms with van der Waals surface area (Å²) in [6.07, 6.45) is 9.89. The first-order valence-corrected chi connectivity index (χ1v) is 14.7. The summed E-state index contributed by atoms with van der Waals surface area (Å²) in [5.41, 5.74) is 12.5. The van der Waals surface area contributed by atoms with Gasteiger partial charge in [-0.2, -0.15) is 10.2 Å². The van der Waals surface area contributed by atoms with E-state index in [0.29, 0.717) is 16.8 Å². The van der Waals surface area contributed by atoms with E-state index < -0.39 is 23.6 Å². The van der Waals surface area contributed by atoms with Crippen LogP contribution in [0.25, 0.3) is 22.1 Å². The number of aromatic nitrogens is 8. The van der Waals surface area contributed by atoms with Gasteiger partial charge in [0, 0.05) is 49.0 Å². The Hall–Kier alpha value is -6.98. The first-order chi connectivity index (χ1) is 23.6. The quantitative estimate of drug-likeness (QED) is 0.110. The number of anilines is 2. The number of phenols is 1. The molecule has 18 heteroatoms. The van der Waals surface area contributed by atoms with Gasteiger partial charge in [0.25, 0.3) is 0 Å². The number of amides is 4. The molecule has 0 unspecified atom stereocenters. The second-order valence-electron chi connectivity index (χ2n) is 10.7. The molecule has 0 saturated heterocycles. The molecule has 6 aromatic rings. The van der Waals surface area contributed by atoms with Crippen LogP contribution in [0.4, 0.5) is 11.9 Å². The van der Waals surface area contributed by atoms with Crippen molar-refractivity contribution in [2.75, 3.05) is 17.7 Å². The third kappa shape index (κ3) is 6.77. The molecule has 0 radical (unpaired) electrons. The molecule has 0 aliphatic carbocycles. The topological polar surface area (TPSA) is 245 Å². The number of aromatic hydroxyl groups is 1. The van der Waals surface area contributed by atoms with Gasteiger partial charge in [-0.3, -0.25) is 39.2 Å². The SMILES string of the molecule is COc1cc(C(N)=O)cc2nc(NC(=O)Cn3cccn3)n(C/C=C/Cn3c(NC(=O)Cn4cccn4)nc4cc(C(N)=O)cc(O)c43)c12. The highest BCUT2D eigenvalue weighted by molar-refractivity contribution is 6.01. The van der Waals surface area contributed by atoms with Crippen LogP contribution >= 0.6 is 0 Å². The summed E-state index contributed by atoms with van der Waals surface area (Å²) >= 11 is 0. The van der Waals surface area contributed by atoms with E-state index in [1.165, 1.54) is 40.7 Å². The number of nitrogens with zero attached hydrogens (tertiary/aromatic N) is 8. The number of carbonyl (C=O) groups excluding carboxylic acids is 4. The van der Waals surface area contributed by atoms with Gasteiger partial charge in [-0.15, -0.1) is 0 Å². The van der Waals surface area contributed by atoms with Crippen LogP contribution in [0.5, 0.6) is 11.5 Å². The zero-order valence-corrected chi connectivity index (χ0v) is 26.0. The molecule has 4 aromatic heterocycles. The minimum atomic E-state index is -0.755. The van der Waals surface area contributed by atoms with Gasteiger partial charge in [0.1, 0.15) is 35.6 Å². The van der Waals surface area contributed by atoms with Crippen molar-refractivity contribution in [2.45, 2.75) is 26.2 Å². The van der Waals surface area contributed by atoms with E-state index in [9.17, 15) is 24.3 Å². The van der Waals surface area contributed by atoms with Crippen molar-refractivity contribution in [2.24, 2.45) is 11.5 Å². The molecule has 4 amide bonds. The molecule has 7 N–H and O–H groups in total. The zero-order chi connectivity index (χ0) is 34.7. The molecule has 0 spiro atoms. The maximum absolute atomic E-state index is 12.9. The number of benzene rings is 2. The van der Waals surface area contributed by atoms with Gasteiger partial charge in [0.05, 0.1) is 18.1 Å². The lowest BCUT2D eigenvalue weighted by Gasteiger charge is -2.11.